The summed E-state index contributed by atoms with van der Waals surface area (Å²) in [4.78, 5) is 44.4. The molecule has 4 aromatic rings. The fourth-order valence-electron chi connectivity index (χ4n) is 6.70. The molecule has 25 heteroatoms. The monoisotopic (exact) mass is 956 g/mol. The smallest absolute Gasteiger partial charge is 0.408 e. The molecule has 4 aromatic heterocycles. The third-order valence-corrected chi connectivity index (χ3v) is 23.8. The Morgan fingerprint density at radius 1 is 0.823 bits per heavy atom. The van der Waals surface area contributed by atoms with E-state index >= 15 is 0 Å². The maximum Gasteiger partial charge on any atom is 0.695 e. The maximum absolute atomic E-state index is 12.8. The number of nitrogens with zero attached hydrogens (tertiary/aromatic N) is 7. The number of imidazole rings is 2. The first-order valence-corrected chi connectivity index (χ1v) is 29.6. The second-order valence-corrected chi connectivity index (χ2v) is 31.3. The average Bonchev–Trinajstić information content (AvgIpc) is 3.98. The molecule has 2 fully saturated rings. The first-order valence-electron chi connectivity index (χ1n) is 20.0. The van der Waals surface area contributed by atoms with Gasteiger partial charge >= 0.3 is 15.0 Å². The van der Waals surface area contributed by atoms with E-state index in [0.29, 0.717) is 0 Å². The number of nitriles is 1. The number of aromatic nitrogens is 6. The van der Waals surface area contributed by atoms with Gasteiger partial charge in [-0.1, -0.05) is 41.5 Å². The lowest BCUT2D eigenvalue weighted by Gasteiger charge is -2.41. The second kappa shape index (κ2) is 18.5. The molecule has 62 heavy (non-hydrogen) atoms. The second-order valence-electron chi connectivity index (χ2n) is 18.2. The molecule has 10 atom stereocenters. The van der Waals surface area contributed by atoms with Crippen LogP contribution < -0.4 is 11.1 Å². The van der Waals surface area contributed by atoms with Crippen molar-refractivity contribution in [2.45, 2.75) is 133 Å². The van der Waals surface area contributed by atoms with E-state index < -0.39 is 87.3 Å². The van der Waals surface area contributed by atoms with Gasteiger partial charge in [-0.15, -0.1) is 9.42 Å². The molecular weight excluding hydrogens is 901 g/mol. The van der Waals surface area contributed by atoms with Crippen molar-refractivity contribution in [3.05, 3.63) is 70.0 Å². The van der Waals surface area contributed by atoms with Crippen LogP contribution in [0.5, 0.6) is 0 Å². The molecule has 2 aliphatic heterocycles. The zero-order chi connectivity index (χ0) is 45.6. The van der Waals surface area contributed by atoms with Gasteiger partial charge in [0.2, 0.25) is 11.6 Å². The number of fused-ring (bicyclic) bond motifs is 2. The van der Waals surface area contributed by atoms with E-state index in [1.807, 2.05) is 39.9 Å². The van der Waals surface area contributed by atoms with Crippen LogP contribution in [0.1, 0.15) is 60.4 Å². The Morgan fingerprint density at radius 2 is 1.32 bits per heavy atom. The molecule has 0 radical (unpaired) electrons. The first kappa shape index (κ1) is 48.6. The normalized spacial score (nSPS) is 26.3. The van der Waals surface area contributed by atoms with E-state index in [-0.39, 0.29) is 52.4 Å². The number of aliphatic hydroxyl groups is 1. The number of ether oxygens (including phenoxy) is 2. The molecule has 0 bridgehead atoms. The van der Waals surface area contributed by atoms with Crippen molar-refractivity contribution >= 4 is 55.0 Å². The molecule has 0 spiro atoms. The van der Waals surface area contributed by atoms with Crippen molar-refractivity contribution in [1.82, 2.24) is 27.9 Å². The van der Waals surface area contributed by atoms with E-state index in [2.05, 4.69) is 43.8 Å². The van der Waals surface area contributed by atoms with Crippen LogP contribution >= 0.6 is 15.0 Å². The van der Waals surface area contributed by atoms with Crippen molar-refractivity contribution in [2.24, 2.45) is 0 Å². The molecule has 0 amide bonds. The summed E-state index contributed by atoms with van der Waals surface area (Å²) in [5.41, 5.74) is -0.667. The largest absolute Gasteiger partial charge is 0.695 e. The standard InChI is InChI=1S/C37H55N7O13P2SSi2/c1-36(2,3)61(7,8)56-29-25(53-32(30(29)54-58(48)49)43-17-12-26(46)41-19-15-39-34(41)43)23-51-59(60,50-21-11-14-38)55-28-24(22-45)52-33(31(28)57-62(9,10)37(4,5)6)44-18-13-27(47)42-20-16-40-35(42)44/h12-13,15-20,24-25,28-33,45H,11,21-23H2,1-10H3/p+1/t24-,25-,28-,29-,30-,31-,32-,33-,59?/m1/s1. The van der Waals surface area contributed by atoms with E-state index in [0.717, 1.165) is 0 Å². The van der Waals surface area contributed by atoms with Crippen molar-refractivity contribution in [1.29, 1.82) is 5.26 Å². The highest BCUT2D eigenvalue weighted by atomic mass is 32.5. The molecule has 0 aromatic carbocycles. The molecule has 0 aliphatic carbocycles. The summed E-state index contributed by atoms with van der Waals surface area (Å²) in [6, 6.07) is 4.71. The van der Waals surface area contributed by atoms with Gasteiger partial charge in [-0.25, -0.2) is 9.97 Å². The highest BCUT2D eigenvalue weighted by molar-refractivity contribution is 8.07. The van der Waals surface area contributed by atoms with E-state index in [1.54, 1.807) is 10.8 Å². The summed E-state index contributed by atoms with van der Waals surface area (Å²) < 4.78 is 70.5. The van der Waals surface area contributed by atoms with Crippen LogP contribution in [0.2, 0.25) is 36.3 Å². The summed E-state index contributed by atoms with van der Waals surface area (Å²) in [7, 11) is -8.59. The van der Waals surface area contributed by atoms with Gasteiger partial charge in [0.25, 0.3) is 11.1 Å². The van der Waals surface area contributed by atoms with Crippen LogP contribution in [0.15, 0.2) is 58.9 Å². The van der Waals surface area contributed by atoms with Gasteiger partial charge in [0.15, 0.2) is 35.2 Å². The molecule has 6 heterocycles. The van der Waals surface area contributed by atoms with Gasteiger partial charge in [0.05, 0.1) is 32.3 Å². The van der Waals surface area contributed by atoms with Crippen LogP contribution in [-0.4, -0.2) is 111 Å². The lowest BCUT2D eigenvalue weighted by atomic mass is 10.1. The Morgan fingerprint density at radius 3 is 1.81 bits per heavy atom. The predicted molar refractivity (Wildman–Crippen MR) is 234 cm³/mol. The molecule has 0 saturated carbocycles. The van der Waals surface area contributed by atoms with Gasteiger partial charge in [0.1, 0.15) is 30.5 Å². The predicted octanol–water partition coefficient (Wildman–Crippen LogP) is 5.16. The fraction of sp³-hybridized carbons (Fsp3) is 0.649. The van der Waals surface area contributed by atoms with Crippen LogP contribution in [0.3, 0.4) is 0 Å². The Kier molecular flexibility index (Phi) is 14.5. The van der Waals surface area contributed by atoms with E-state index in [9.17, 15) is 29.4 Å². The summed E-state index contributed by atoms with van der Waals surface area (Å²) in [6.07, 6.45) is 0.283. The Bertz CT molecular complexity index is 2460. The Hall–Kier alpha value is -2.89. The molecule has 2 aliphatic rings. The molecule has 2 N–H and O–H groups in total. The third kappa shape index (κ3) is 10.00. The number of hydrogen-bond acceptors (Lipinski definition) is 16. The van der Waals surface area contributed by atoms with Gasteiger partial charge in [-0.2, -0.15) is 5.26 Å². The number of hydrogen-bond donors (Lipinski definition) is 2. The summed E-state index contributed by atoms with van der Waals surface area (Å²) in [6.45, 7) is 15.4. The third-order valence-electron chi connectivity index (χ3n) is 12.0. The first-order chi connectivity index (χ1) is 28.9. The highest BCUT2D eigenvalue weighted by Crippen LogP contribution is 2.56. The van der Waals surface area contributed by atoms with Crippen molar-refractivity contribution < 1.29 is 51.0 Å². The van der Waals surface area contributed by atoms with Gasteiger partial charge in [-0.3, -0.25) is 32.0 Å². The minimum Gasteiger partial charge on any atom is -0.408 e. The zero-order valence-electron chi connectivity index (χ0n) is 36.4. The van der Waals surface area contributed by atoms with E-state index in [4.69, 9.17) is 48.2 Å². The zero-order valence-corrected chi connectivity index (χ0v) is 41.0. The number of aliphatic hydroxyl groups excluding tert-OH is 1. The molecule has 6 rings (SSSR count). The SMILES string of the molecule is CC(C)(C)[Si](C)(C)O[C@@H]1[C@H](OP(=S)(OCCC#N)OC[C@H]2O[C@@H](n3ccc(=O)n4ccnc34)[C@H](O[P+](=O)O)[C@@H]2O[Si](C)(C)C(C)(C)C)[C@@H](CO)O[C@H]1n1ccc(=O)n2ccnc12. The topological polar surface area (TPSA) is 234 Å². The van der Waals surface area contributed by atoms with Crippen molar-refractivity contribution in [2.75, 3.05) is 19.8 Å². The number of rotatable bonds is 17. The lowest BCUT2D eigenvalue weighted by molar-refractivity contribution is -0.0550. The molecule has 340 valence electrons. The van der Waals surface area contributed by atoms with Gasteiger partial charge < -0.3 is 32.5 Å². The van der Waals surface area contributed by atoms with Crippen LogP contribution in [0, 0.1) is 11.3 Å². The van der Waals surface area contributed by atoms with Crippen LogP contribution in [0.4, 0.5) is 0 Å². The average molecular weight is 957 g/mol. The lowest BCUT2D eigenvalue weighted by Crippen LogP contribution is -2.50. The Balaban J connectivity index is 1.40. The fourth-order valence-corrected chi connectivity index (χ4v) is 11.8. The van der Waals surface area contributed by atoms with Crippen molar-refractivity contribution in [3.8, 4) is 6.07 Å². The minimum atomic E-state index is -3.98. The molecule has 2 saturated heterocycles. The quantitative estimate of drug-likeness (QED) is 0.0790. The van der Waals surface area contributed by atoms with Gasteiger partial charge in [0, 0.05) is 53.9 Å². The Labute approximate surface area is 367 Å². The highest BCUT2D eigenvalue weighted by Gasteiger charge is 2.57. The summed E-state index contributed by atoms with van der Waals surface area (Å²) in [5, 5.41) is 19.7. The van der Waals surface area contributed by atoms with Crippen LogP contribution in [-0.2, 0) is 52.8 Å². The molecular formula is C37H56N7O13P2SSi2+. The van der Waals surface area contributed by atoms with E-state index in [1.165, 1.54) is 56.5 Å². The van der Waals surface area contributed by atoms with Crippen LogP contribution in [0.25, 0.3) is 11.6 Å². The molecule has 20 nitrogen and oxygen atoms in total. The maximum atomic E-state index is 12.8. The molecule has 2 unspecified atom stereocenters. The summed E-state index contributed by atoms with van der Waals surface area (Å²) in [5.74, 6) is 0.446. The van der Waals surface area contributed by atoms with Crippen molar-refractivity contribution in [3.63, 3.8) is 0 Å². The van der Waals surface area contributed by atoms with Gasteiger partial charge in [-0.05, 0) is 48.1 Å². The minimum absolute atomic E-state index is 0.0667. The summed E-state index contributed by atoms with van der Waals surface area (Å²) >= 11 is 6.12.